The van der Waals surface area contributed by atoms with E-state index < -0.39 is 52.0 Å². The lowest BCUT2D eigenvalue weighted by molar-refractivity contribution is 0.278. The van der Waals surface area contributed by atoms with Gasteiger partial charge < -0.3 is 16.4 Å². The summed E-state index contributed by atoms with van der Waals surface area (Å²) in [6.45, 7) is 3.75. The number of nitrogens with one attached hydrogen (secondary N) is 2. The Morgan fingerprint density at radius 2 is 1.44 bits per heavy atom. The normalized spacial score (nSPS) is 12.8. The minimum Gasteiger partial charge on any atom is -0.395 e. The number of hydrogen-bond donors (Lipinski definition) is 6. The predicted octanol–water partition coefficient (Wildman–Crippen LogP) is 3.50. The fraction of sp³-hybridized carbons (Fsp3) is 0.208. The van der Waals surface area contributed by atoms with Crippen LogP contribution in [0.4, 0.5) is 40.1 Å². The highest BCUT2D eigenvalue weighted by Gasteiger charge is 2.20. The summed E-state index contributed by atoms with van der Waals surface area (Å²) in [5.41, 5.74) is 6.00. The van der Waals surface area contributed by atoms with E-state index in [9.17, 15) is 38.2 Å². The molecule has 0 amide bonds. The quantitative estimate of drug-likeness (QED) is 0.0693. The van der Waals surface area contributed by atoms with E-state index in [1.165, 1.54) is 25.1 Å². The van der Waals surface area contributed by atoms with Gasteiger partial charge in [0.05, 0.1) is 34.3 Å². The number of azo groups is 2. The van der Waals surface area contributed by atoms with Gasteiger partial charge in [0.25, 0.3) is 20.2 Å². The Labute approximate surface area is 275 Å². The van der Waals surface area contributed by atoms with Gasteiger partial charge in [-0.05, 0) is 49.4 Å². The number of sulfone groups is 1. The Hall–Kier alpha value is -4.43. The zero-order valence-corrected chi connectivity index (χ0v) is 27.9. The Morgan fingerprint density at radius 3 is 2.02 bits per heavy atom. The molecule has 20 nitrogen and oxygen atoms in total. The number of nitrogens with two attached hydrogens (primary N) is 1. The number of nitrogen functional groups attached to an aromatic ring is 1. The third-order valence-corrected chi connectivity index (χ3v) is 9.41. The highest BCUT2D eigenvalue weighted by molar-refractivity contribution is 7.94. The van der Waals surface area contributed by atoms with Gasteiger partial charge in [0.1, 0.15) is 16.3 Å². The zero-order valence-electron chi connectivity index (χ0n) is 24.6. The summed E-state index contributed by atoms with van der Waals surface area (Å²) in [6, 6.07) is 7.93. The van der Waals surface area contributed by atoms with E-state index in [-0.39, 0.29) is 69.4 Å². The third kappa shape index (κ3) is 11.1. The van der Waals surface area contributed by atoms with Crippen molar-refractivity contribution in [1.82, 2.24) is 4.98 Å². The van der Waals surface area contributed by atoms with Crippen LogP contribution in [0, 0.1) is 6.92 Å². The highest BCUT2D eigenvalue weighted by atomic mass is 32.3. The molecular weight excluding hydrogens is 721 g/mol. The van der Waals surface area contributed by atoms with Crippen LogP contribution < -0.4 is 16.4 Å². The fourth-order valence-electron chi connectivity index (χ4n) is 3.56. The maximum atomic E-state index is 12.2. The van der Waals surface area contributed by atoms with Crippen LogP contribution in [0.1, 0.15) is 5.56 Å². The highest BCUT2D eigenvalue weighted by Crippen LogP contribution is 2.38. The summed E-state index contributed by atoms with van der Waals surface area (Å²) in [5.74, 6) is -0.445. The molecule has 2 aromatic carbocycles. The van der Waals surface area contributed by atoms with E-state index in [1.54, 1.807) is 0 Å². The van der Waals surface area contributed by atoms with Crippen LogP contribution in [0.5, 0.6) is 0 Å². The number of hydrogen-bond acceptors (Lipinski definition) is 17. The van der Waals surface area contributed by atoms with Crippen molar-refractivity contribution in [3.63, 3.8) is 0 Å². The number of nitrogens with zero attached hydrogens (tertiary/aromatic N) is 5. The second-order valence-corrected chi connectivity index (χ2v) is 15.3. The molecule has 1 heterocycles. The van der Waals surface area contributed by atoms with Crippen LogP contribution in [-0.4, -0.2) is 77.8 Å². The zero-order chi connectivity index (χ0) is 35.9. The lowest BCUT2D eigenvalue weighted by Crippen LogP contribution is -2.17. The first-order chi connectivity index (χ1) is 22.2. The molecule has 7 N–H and O–H groups in total. The predicted molar refractivity (Wildman–Crippen MR) is 173 cm³/mol. The molecule has 0 aliphatic heterocycles. The Balaban J connectivity index is 1.99. The van der Waals surface area contributed by atoms with Crippen molar-refractivity contribution in [1.29, 1.82) is 0 Å². The van der Waals surface area contributed by atoms with Crippen LogP contribution in [0.2, 0.25) is 0 Å². The Morgan fingerprint density at radius 1 is 0.833 bits per heavy atom. The topological polar surface area (TPSA) is 319 Å². The van der Waals surface area contributed by atoms with Crippen molar-refractivity contribution in [3.05, 3.63) is 60.0 Å². The first kappa shape index (κ1) is 38.0. The molecule has 0 atom stereocenters. The van der Waals surface area contributed by atoms with Crippen molar-refractivity contribution < 1.29 is 51.5 Å². The number of pyridine rings is 1. The minimum atomic E-state index is -4.93. The van der Waals surface area contributed by atoms with Gasteiger partial charge in [0, 0.05) is 24.1 Å². The van der Waals surface area contributed by atoms with Crippen LogP contribution in [0.15, 0.2) is 84.7 Å². The summed E-state index contributed by atoms with van der Waals surface area (Å²) >= 11 is 0. The smallest absolute Gasteiger partial charge is 0.395 e. The summed E-state index contributed by atoms with van der Waals surface area (Å²) in [7, 11) is -17.7. The standard InChI is InChI=1S/C24H28N8O12S4/c1-3-45(33,34)13-11-27-23-21(25)15(2)22(24(28-23)26-10-12-44-48(41,42)43)32-31-19-9-6-17(14-20(19)47(38,39)40)30-29-16-4-7-18(8-5-16)46(35,36)37/h3-9,14H,1,10-13,25H2,2H3,(H2,26,27,28)(H,35,36,37)(H,38,39,40)(H,41,42,43)/b30-29+,32-31+. The van der Waals surface area contributed by atoms with Gasteiger partial charge in [0.2, 0.25) is 0 Å². The second-order valence-electron chi connectivity index (χ2n) is 9.33. The molecule has 0 fully saturated rings. The molecule has 1 aromatic heterocycles. The average Bonchev–Trinajstić information content (AvgIpc) is 2.99. The lowest BCUT2D eigenvalue weighted by Gasteiger charge is -2.16. The summed E-state index contributed by atoms with van der Waals surface area (Å²) in [6.07, 6.45) is 0. The van der Waals surface area contributed by atoms with E-state index in [1.807, 2.05) is 0 Å². The Bertz CT molecular complexity index is 2190. The molecule has 24 heteroatoms. The molecule has 0 aliphatic carbocycles. The number of benzene rings is 2. The molecule has 0 saturated carbocycles. The molecule has 48 heavy (non-hydrogen) atoms. The first-order valence-corrected chi connectivity index (χ1v) is 18.9. The second kappa shape index (κ2) is 15.2. The molecule has 0 bridgehead atoms. The van der Waals surface area contributed by atoms with Gasteiger partial charge in [-0.3, -0.25) is 13.7 Å². The van der Waals surface area contributed by atoms with Crippen molar-refractivity contribution in [2.45, 2.75) is 16.7 Å². The van der Waals surface area contributed by atoms with E-state index >= 15 is 0 Å². The summed E-state index contributed by atoms with van der Waals surface area (Å²) in [4.78, 5) is 3.13. The van der Waals surface area contributed by atoms with Crippen LogP contribution in [0.25, 0.3) is 0 Å². The van der Waals surface area contributed by atoms with E-state index in [2.05, 4.69) is 46.8 Å². The van der Waals surface area contributed by atoms with Crippen molar-refractivity contribution >= 4 is 80.5 Å². The first-order valence-electron chi connectivity index (χ1n) is 13.0. The molecule has 0 radical (unpaired) electrons. The Kier molecular flexibility index (Phi) is 12.0. The molecule has 0 unspecified atom stereocenters. The van der Waals surface area contributed by atoms with E-state index in [4.69, 9.17) is 14.8 Å². The van der Waals surface area contributed by atoms with Gasteiger partial charge in [-0.15, -0.1) is 10.2 Å². The maximum Gasteiger partial charge on any atom is 0.397 e. The fourth-order valence-corrected chi connectivity index (χ4v) is 5.53. The lowest BCUT2D eigenvalue weighted by atomic mass is 10.2. The van der Waals surface area contributed by atoms with Gasteiger partial charge in [-0.25, -0.2) is 17.6 Å². The van der Waals surface area contributed by atoms with Gasteiger partial charge in [-0.1, -0.05) is 6.58 Å². The maximum absolute atomic E-state index is 12.2. The number of rotatable bonds is 16. The molecule has 3 aromatic rings. The summed E-state index contributed by atoms with van der Waals surface area (Å²) in [5, 5.41) is 21.9. The summed E-state index contributed by atoms with van der Waals surface area (Å²) < 4.78 is 124. The van der Waals surface area contributed by atoms with Gasteiger partial charge in [0.15, 0.2) is 21.5 Å². The van der Waals surface area contributed by atoms with Crippen molar-refractivity contribution in [2.24, 2.45) is 20.5 Å². The van der Waals surface area contributed by atoms with Gasteiger partial charge in [-0.2, -0.15) is 35.5 Å². The molecule has 3 rings (SSSR count). The molecule has 0 saturated heterocycles. The SMILES string of the molecule is C=CS(=O)(=O)CCNc1nc(NCCOS(=O)(=O)O)c(/N=N/c2ccc(/N=N/c3ccc(S(=O)(=O)O)cc3)cc2S(=O)(=O)O)c(C)c1N. The van der Waals surface area contributed by atoms with E-state index in [0.29, 0.717) is 0 Å². The molecular formula is C24H28N8O12S4. The van der Waals surface area contributed by atoms with Gasteiger partial charge >= 0.3 is 10.4 Å². The monoisotopic (exact) mass is 748 g/mol. The van der Waals surface area contributed by atoms with Crippen molar-refractivity contribution in [2.75, 3.05) is 41.8 Å². The molecule has 0 aliphatic rings. The van der Waals surface area contributed by atoms with Crippen LogP contribution in [-0.2, 0) is 44.7 Å². The number of anilines is 3. The van der Waals surface area contributed by atoms with Crippen molar-refractivity contribution in [3.8, 4) is 0 Å². The van der Waals surface area contributed by atoms with Crippen LogP contribution >= 0.6 is 0 Å². The molecule has 260 valence electrons. The molecule has 0 spiro atoms. The van der Waals surface area contributed by atoms with E-state index in [0.717, 1.165) is 29.7 Å². The number of aromatic nitrogens is 1. The largest absolute Gasteiger partial charge is 0.397 e. The van der Waals surface area contributed by atoms with Crippen LogP contribution in [0.3, 0.4) is 0 Å². The average molecular weight is 749 g/mol. The third-order valence-electron chi connectivity index (χ3n) is 5.92. The minimum absolute atomic E-state index is 0.00451.